The summed E-state index contributed by atoms with van der Waals surface area (Å²) in [6.07, 6.45) is 27.3. The molecule has 0 spiro atoms. The van der Waals surface area contributed by atoms with Crippen molar-refractivity contribution in [3.05, 3.63) is 78.3 Å². The fourth-order valence-corrected chi connectivity index (χ4v) is 4.60. The number of unbranched alkanes of at least 4 members (excludes halogenated alkanes) is 1. The molecule has 0 aliphatic heterocycles. The second-order valence-corrected chi connectivity index (χ2v) is 13.5. The van der Waals surface area contributed by atoms with E-state index in [0.717, 1.165) is 32.1 Å². The predicted molar refractivity (Wildman–Crippen MR) is 157 cm³/mol. The second-order valence-electron chi connectivity index (χ2n) is 6.29. The van der Waals surface area contributed by atoms with Crippen LogP contribution in [0.1, 0.15) is 46.0 Å². The second kappa shape index (κ2) is 23.7. The zero-order valence-corrected chi connectivity index (χ0v) is 25.0. The summed E-state index contributed by atoms with van der Waals surface area (Å²) in [6, 6.07) is 0. The van der Waals surface area contributed by atoms with Gasteiger partial charge in [-0.3, -0.25) is 0 Å². The maximum atomic E-state index is 5.91. The topological polar surface area (TPSA) is 27.7 Å². The van der Waals surface area contributed by atoms with Gasteiger partial charge in [-0.15, -0.1) is 0 Å². The van der Waals surface area contributed by atoms with E-state index in [1.807, 2.05) is 36.5 Å². The lowest BCUT2D eigenvalue weighted by molar-refractivity contribution is 0.227. The molecule has 0 fully saturated rings. The van der Waals surface area contributed by atoms with Gasteiger partial charge in [-0.25, -0.2) is 0 Å². The van der Waals surface area contributed by atoms with E-state index in [4.69, 9.17) is 13.6 Å². The average Bonchev–Trinajstić information content (AvgIpc) is 2.74. The van der Waals surface area contributed by atoms with Crippen LogP contribution in [0.3, 0.4) is 0 Å². The Hall–Kier alpha value is 0.520. The van der Waals surface area contributed by atoms with Crippen molar-refractivity contribution in [2.75, 3.05) is 0 Å². The monoisotopic (exact) mass is 536 g/mol. The highest BCUT2D eigenvalue weighted by molar-refractivity contribution is 8.41. The molecule has 0 rings (SSSR count). The maximum Gasteiger partial charge on any atom is 0.171 e. The van der Waals surface area contributed by atoms with Gasteiger partial charge in [0.2, 0.25) is 0 Å². The zero-order chi connectivity index (χ0) is 23.2. The van der Waals surface area contributed by atoms with Crippen molar-refractivity contribution in [2.24, 2.45) is 0 Å². The smallest absolute Gasteiger partial charge is 0.171 e. The van der Waals surface area contributed by atoms with Gasteiger partial charge in [-0.1, -0.05) is 114 Å². The van der Waals surface area contributed by atoms with Gasteiger partial charge in [-0.05, 0) is 31.8 Å². The van der Waals surface area contributed by atoms with Gasteiger partial charge in [0.1, 0.15) is 6.10 Å². The lowest BCUT2D eigenvalue weighted by atomic mass is 10.2. The van der Waals surface area contributed by atoms with Crippen molar-refractivity contribution in [2.45, 2.75) is 58.2 Å². The minimum absolute atomic E-state index is 0.0862. The third kappa shape index (κ3) is 19.7. The van der Waals surface area contributed by atoms with E-state index >= 15 is 0 Å². The summed E-state index contributed by atoms with van der Waals surface area (Å²) in [6.45, 7) is 4.30. The fourth-order valence-electron chi connectivity index (χ4n) is 2.26. The van der Waals surface area contributed by atoms with Crippen molar-refractivity contribution in [3.63, 3.8) is 0 Å². The molecule has 3 nitrogen and oxygen atoms in total. The third-order valence-electron chi connectivity index (χ3n) is 3.72. The molecule has 31 heavy (non-hydrogen) atoms. The van der Waals surface area contributed by atoms with E-state index in [-0.39, 0.29) is 20.7 Å². The lowest BCUT2D eigenvalue weighted by Crippen LogP contribution is -2.09. The number of hydrogen-bond donors (Lipinski definition) is 0. The van der Waals surface area contributed by atoms with Gasteiger partial charge >= 0.3 is 0 Å². The number of allylic oxidation sites excluding steroid dienone is 7. The largest absolute Gasteiger partial charge is 0.467 e. The van der Waals surface area contributed by atoms with Crippen LogP contribution in [0.4, 0.5) is 0 Å². The summed E-state index contributed by atoms with van der Waals surface area (Å²) >= 11 is 0. The molecule has 0 amide bonds. The Labute approximate surface area is 202 Å². The molecule has 0 bridgehead atoms. The van der Waals surface area contributed by atoms with Gasteiger partial charge in [0.15, 0.2) is 5.76 Å². The van der Waals surface area contributed by atoms with E-state index in [0.29, 0.717) is 5.76 Å². The Morgan fingerprint density at radius 2 is 1.71 bits per heavy atom. The van der Waals surface area contributed by atoms with Gasteiger partial charge in [0.25, 0.3) is 0 Å². The zero-order valence-electron chi connectivity index (χ0n) is 18.5. The highest BCUT2D eigenvalue weighted by Gasteiger charge is 2.13. The summed E-state index contributed by atoms with van der Waals surface area (Å²) in [4.78, 5) is 0. The van der Waals surface area contributed by atoms with E-state index in [9.17, 15) is 0 Å². The van der Waals surface area contributed by atoms with Crippen LogP contribution in [0.5, 0.6) is 0 Å². The SMILES string of the molecule is CC/C=C\CC(/C=C/C=C\C=C/C=C=C(OPP)C(C/C=C\CCC)OP)OP(P)P. The molecule has 0 saturated heterocycles. The summed E-state index contributed by atoms with van der Waals surface area (Å²) in [5.74, 6) is 0.699. The summed E-state index contributed by atoms with van der Waals surface area (Å²) < 4.78 is 17.1. The van der Waals surface area contributed by atoms with E-state index in [1.54, 1.807) is 0 Å². The standard InChI is InChI=1S/C22H38O3P6/c1-3-5-7-14-18-21(23-26)22(24-30-27)19-15-11-9-8-10-13-17-20(25-31(28)29)16-12-6-4-2/h6-15,17,20-21,30H,3-5,16,18,26-29H2,1-2H3/b10-8-,11-9-,12-6-,14-7-,17-13+. The minimum atomic E-state index is -0.550. The van der Waals surface area contributed by atoms with Crippen LogP contribution in [-0.4, -0.2) is 12.2 Å². The predicted octanol–water partition coefficient (Wildman–Crippen LogP) is 8.73. The molecule has 0 N–H and O–H groups in total. The molecule has 0 aromatic heterocycles. The molecular formula is C22H38O3P6. The summed E-state index contributed by atoms with van der Waals surface area (Å²) in [7, 11) is 10.0. The molecule has 0 aliphatic rings. The van der Waals surface area contributed by atoms with Gasteiger partial charge in [0.05, 0.1) is 22.1 Å². The third-order valence-corrected chi connectivity index (χ3v) is 5.98. The van der Waals surface area contributed by atoms with Crippen LogP contribution in [0.25, 0.3) is 0 Å². The first-order valence-electron chi connectivity index (χ1n) is 10.3. The van der Waals surface area contributed by atoms with Gasteiger partial charge < -0.3 is 13.6 Å². The fraction of sp³-hybridized carbons (Fsp3) is 0.409. The molecular weight excluding hydrogens is 498 g/mol. The Kier molecular flexibility index (Phi) is 24.1. The van der Waals surface area contributed by atoms with Crippen LogP contribution in [0.2, 0.25) is 0 Å². The van der Waals surface area contributed by atoms with Crippen molar-refractivity contribution in [1.82, 2.24) is 0 Å². The molecule has 174 valence electrons. The quantitative estimate of drug-likeness (QED) is 0.0612. The Morgan fingerprint density at radius 3 is 2.35 bits per heavy atom. The van der Waals surface area contributed by atoms with Crippen LogP contribution < -0.4 is 0 Å². The van der Waals surface area contributed by atoms with Crippen molar-refractivity contribution in [1.29, 1.82) is 0 Å². The van der Waals surface area contributed by atoms with Crippen molar-refractivity contribution >= 4 is 52.3 Å². The highest BCUT2D eigenvalue weighted by atomic mass is 32.4. The van der Waals surface area contributed by atoms with E-state index < -0.39 is 7.53 Å². The number of rotatable bonds is 17. The molecule has 0 aromatic carbocycles. The van der Waals surface area contributed by atoms with Crippen LogP contribution in [-0.2, 0) is 13.6 Å². The van der Waals surface area contributed by atoms with Crippen LogP contribution >= 0.6 is 52.3 Å². The molecule has 9 heteroatoms. The summed E-state index contributed by atoms with van der Waals surface area (Å²) in [5.41, 5.74) is 3.19. The van der Waals surface area contributed by atoms with Crippen LogP contribution in [0.15, 0.2) is 78.3 Å². The van der Waals surface area contributed by atoms with Crippen LogP contribution in [0, 0.1) is 0 Å². The first kappa shape index (κ1) is 31.5. The molecule has 7 unspecified atom stereocenters. The first-order valence-corrected chi connectivity index (χ1v) is 18.0. The normalized spacial score (nSPS) is 14.8. The molecule has 0 aliphatic carbocycles. The lowest BCUT2D eigenvalue weighted by Gasteiger charge is -2.15. The Balaban J connectivity index is 4.89. The molecule has 0 aromatic rings. The molecule has 7 atom stereocenters. The van der Waals surface area contributed by atoms with Crippen molar-refractivity contribution in [3.8, 4) is 0 Å². The van der Waals surface area contributed by atoms with Gasteiger partial charge in [0, 0.05) is 9.47 Å². The van der Waals surface area contributed by atoms with E-state index in [2.05, 4.69) is 86.2 Å². The summed E-state index contributed by atoms with van der Waals surface area (Å²) in [5, 5.41) is 0. The number of hydrogen-bond acceptors (Lipinski definition) is 3. The van der Waals surface area contributed by atoms with Crippen molar-refractivity contribution < 1.29 is 13.6 Å². The average molecular weight is 536 g/mol. The molecule has 0 radical (unpaired) electrons. The maximum absolute atomic E-state index is 5.91. The Bertz CT molecular complexity index is 650. The highest BCUT2D eigenvalue weighted by Crippen LogP contribution is 2.54. The van der Waals surface area contributed by atoms with E-state index in [1.165, 1.54) is 0 Å². The first-order chi connectivity index (χ1) is 15.1. The molecule has 0 heterocycles. The minimum Gasteiger partial charge on any atom is -0.467 e. The van der Waals surface area contributed by atoms with Gasteiger partial charge in [-0.2, -0.15) is 0 Å². The molecule has 0 saturated carbocycles. The Morgan fingerprint density at radius 1 is 1.00 bits per heavy atom.